The van der Waals surface area contributed by atoms with Crippen molar-refractivity contribution in [3.8, 4) is 5.75 Å². The Balaban J connectivity index is 2.15. The second-order valence-corrected chi connectivity index (χ2v) is 6.10. The van der Waals surface area contributed by atoms with Crippen LogP contribution in [0.3, 0.4) is 0 Å². The highest BCUT2D eigenvalue weighted by molar-refractivity contribution is 5.35. The number of benzene rings is 1. The van der Waals surface area contributed by atoms with E-state index in [0.717, 1.165) is 18.8 Å². The molecule has 1 radical (unpaired) electrons. The maximum Gasteiger partial charge on any atom is 0.122 e. The summed E-state index contributed by atoms with van der Waals surface area (Å²) in [6.07, 6.45) is 11.9. The Kier molecular flexibility index (Phi) is 10.0. The van der Waals surface area contributed by atoms with Gasteiger partial charge in [0.1, 0.15) is 5.75 Å². The first-order chi connectivity index (χ1) is 10.3. The monoisotopic (exact) mass is 289 g/mol. The Labute approximate surface area is 132 Å². The molecule has 1 aromatic rings. The first-order valence-electron chi connectivity index (χ1n) is 8.92. The fourth-order valence-corrected chi connectivity index (χ4v) is 2.58. The number of rotatable bonds is 12. The van der Waals surface area contributed by atoms with Crippen molar-refractivity contribution in [3.63, 3.8) is 0 Å². The summed E-state index contributed by atoms with van der Waals surface area (Å²) in [5, 5.41) is 0. The van der Waals surface area contributed by atoms with Gasteiger partial charge in [-0.15, -0.1) is 0 Å². The third-order valence-electron chi connectivity index (χ3n) is 4.25. The van der Waals surface area contributed by atoms with Crippen LogP contribution in [0.1, 0.15) is 90.0 Å². The number of hydrogen-bond donors (Lipinski definition) is 0. The van der Waals surface area contributed by atoms with Gasteiger partial charge in [0, 0.05) is 0 Å². The van der Waals surface area contributed by atoms with Gasteiger partial charge in [-0.25, -0.2) is 0 Å². The third kappa shape index (κ3) is 7.55. The molecule has 1 heteroatoms. The third-order valence-corrected chi connectivity index (χ3v) is 4.25. The fourth-order valence-electron chi connectivity index (χ4n) is 2.58. The number of hydrogen-bond acceptors (Lipinski definition) is 1. The second-order valence-electron chi connectivity index (χ2n) is 6.10. The van der Waals surface area contributed by atoms with Crippen molar-refractivity contribution in [3.05, 3.63) is 29.8 Å². The summed E-state index contributed by atoms with van der Waals surface area (Å²) >= 11 is 0. The molecule has 1 atom stereocenters. The Bertz CT molecular complexity index is 359. The molecule has 0 fully saturated rings. The Morgan fingerprint density at radius 3 is 2.33 bits per heavy atom. The molecule has 0 amide bonds. The van der Waals surface area contributed by atoms with E-state index in [1.165, 1.54) is 56.9 Å². The van der Waals surface area contributed by atoms with Gasteiger partial charge >= 0.3 is 0 Å². The highest BCUT2D eigenvalue weighted by Gasteiger charge is 2.09. The van der Waals surface area contributed by atoms with E-state index in [-0.39, 0.29) is 0 Å². The Hall–Kier alpha value is -0.980. The van der Waals surface area contributed by atoms with Gasteiger partial charge in [0.15, 0.2) is 0 Å². The van der Waals surface area contributed by atoms with Gasteiger partial charge in [0.2, 0.25) is 0 Å². The van der Waals surface area contributed by atoms with E-state index >= 15 is 0 Å². The molecule has 0 saturated heterocycles. The molecule has 0 aliphatic rings. The van der Waals surface area contributed by atoms with E-state index in [2.05, 4.69) is 39.0 Å². The summed E-state index contributed by atoms with van der Waals surface area (Å²) in [4.78, 5) is 0. The molecular formula is C20H33O. The molecule has 119 valence electrons. The van der Waals surface area contributed by atoms with Crippen molar-refractivity contribution >= 4 is 0 Å². The van der Waals surface area contributed by atoms with Crippen LogP contribution in [-0.2, 0) is 0 Å². The molecule has 0 spiro atoms. The predicted octanol–water partition coefficient (Wildman–Crippen LogP) is 6.52. The van der Waals surface area contributed by atoms with E-state index in [9.17, 15) is 0 Å². The van der Waals surface area contributed by atoms with Gasteiger partial charge in [-0.05, 0) is 42.5 Å². The molecule has 0 bridgehead atoms. The van der Waals surface area contributed by atoms with E-state index < -0.39 is 0 Å². The SMILES string of the molecule is CCCCCCCCCCOc1cc[c]cc1C(C)CC. The fraction of sp³-hybridized carbons (Fsp3) is 0.700. The van der Waals surface area contributed by atoms with E-state index in [1.807, 2.05) is 6.07 Å². The molecule has 0 heterocycles. The summed E-state index contributed by atoms with van der Waals surface area (Å²) in [7, 11) is 0. The van der Waals surface area contributed by atoms with E-state index in [0.29, 0.717) is 5.92 Å². The average molecular weight is 289 g/mol. The molecular weight excluding hydrogens is 256 g/mol. The molecule has 1 aromatic carbocycles. The van der Waals surface area contributed by atoms with Crippen molar-refractivity contribution < 1.29 is 4.74 Å². The molecule has 21 heavy (non-hydrogen) atoms. The van der Waals surface area contributed by atoms with Crippen LogP contribution in [0, 0.1) is 6.07 Å². The zero-order valence-electron chi connectivity index (χ0n) is 14.3. The Morgan fingerprint density at radius 1 is 1.00 bits per heavy atom. The second kappa shape index (κ2) is 11.7. The first kappa shape index (κ1) is 18.1. The van der Waals surface area contributed by atoms with Gasteiger partial charge in [-0.3, -0.25) is 0 Å². The van der Waals surface area contributed by atoms with Crippen LogP contribution in [0.2, 0.25) is 0 Å². The summed E-state index contributed by atoms with van der Waals surface area (Å²) in [6, 6.07) is 9.27. The maximum absolute atomic E-state index is 5.99. The van der Waals surface area contributed by atoms with Crippen molar-refractivity contribution in [1.82, 2.24) is 0 Å². The topological polar surface area (TPSA) is 9.23 Å². The van der Waals surface area contributed by atoms with Crippen LogP contribution in [0.15, 0.2) is 18.2 Å². The molecule has 0 aliphatic heterocycles. The van der Waals surface area contributed by atoms with Crippen LogP contribution in [0.4, 0.5) is 0 Å². The van der Waals surface area contributed by atoms with Gasteiger partial charge in [0.25, 0.3) is 0 Å². The zero-order valence-corrected chi connectivity index (χ0v) is 14.3. The molecule has 1 nitrogen and oxygen atoms in total. The molecule has 0 saturated carbocycles. The Morgan fingerprint density at radius 2 is 1.67 bits per heavy atom. The lowest BCUT2D eigenvalue weighted by molar-refractivity contribution is 0.299. The minimum Gasteiger partial charge on any atom is -0.493 e. The van der Waals surface area contributed by atoms with Crippen LogP contribution < -0.4 is 4.74 Å². The standard InChI is InChI=1S/C20H33O/c1-4-6-7-8-9-10-11-14-17-21-20-16-13-12-15-19(20)18(3)5-2/h13,15-16,18H,4-11,14,17H2,1-3H3. The quantitative estimate of drug-likeness (QED) is 0.398. The lowest BCUT2D eigenvalue weighted by atomic mass is 9.98. The lowest BCUT2D eigenvalue weighted by Gasteiger charge is -2.15. The maximum atomic E-state index is 5.99. The van der Waals surface area contributed by atoms with Crippen LogP contribution >= 0.6 is 0 Å². The van der Waals surface area contributed by atoms with Gasteiger partial charge in [-0.2, -0.15) is 0 Å². The normalized spacial score (nSPS) is 12.3. The van der Waals surface area contributed by atoms with Crippen LogP contribution in [0.25, 0.3) is 0 Å². The summed E-state index contributed by atoms with van der Waals surface area (Å²) in [5.74, 6) is 1.61. The lowest BCUT2D eigenvalue weighted by Crippen LogP contribution is -2.02. The van der Waals surface area contributed by atoms with Gasteiger partial charge in [0.05, 0.1) is 6.61 Å². The molecule has 1 unspecified atom stereocenters. The summed E-state index contributed by atoms with van der Waals surface area (Å²) in [5.41, 5.74) is 1.31. The average Bonchev–Trinajstić information content (AvgIpc) is 2.53. The van der Waals surface area contributed by atoms with E-state index in [4.69, 9.17) is 4.74 Å². The van der Waals surface area contributed by atoms with Crippen LogP contribution in [-0.4, -0.2) is 6.61 Å². The van der Waals surface area contributed by atoms with Crippen molar-refractivity contribution in [2.24, 2.45) is 0 Å². The number of unbranched alkanes of at least 4 members (excludes halogenated alkanes) is 7. The first-order valence-corrected chi connectivity index (χ1v) is 8.92. The summed E-state index contributed by atoms with van der Waals surface area (Å²) in [6.45, 7) is 7.60. The van der Waals surface area contributed by atoms with Crippen molar-refractivity contribution in [2.75, 3.05) is 6.61 Å². The predicted molar refractivity (Wildman–Crippen MR) is 92.1 cm³/mol. The highest BCUT2D eigenvalue weighted by atomic mass is 16.5. The van der Waals surface area contributed by atoms with E-state index in [1.54, 1.807) is 0 Å². The van der Waals surface area contributed by atoms with Crippen molar-refractivity contribution in [2.45, 2.75) is 84.5 Å². The molecule has 1 rings (SSSR count). The molecule has 0 aliphatic carbocycles. The minimum absolute atomic E-state index is 0.552. The van der Waals surface area contributed by atoms with Gasteiger partial charge < -0.3 is 4.74 Å². The van der Waals surface area contributed by atoms with Crippen molar-refractivity contribution in [1.29, 1.82) is 0 Å². The highest BCUT2D eigenvalue weighted by Crippen LogP contribution is 2.28. The largest absolute Gasteiger partial charge is 0.493 e. The summed E-state index contributed by atoms with van der Waals surface area (Å²) < 4.78 is 5.99. The minimum atomic E-state index is 0.552. The molecule has 0 N–H and O–H groups in total. The number of ether oxygens (including phenoxy) is 1. The van der Waals surface area contributed by atoms with Gasteiger partial charge in [-0.1, -0.05) is 71.8 Å². The van der Waals surface area contributed by atoms with Crippen LogP contribution in [0.5, 0.6) is 5.75 Å². The zero-order chi connectivity index (χ0) is 15.3. The molecule has 0 aromatic heterocycles. The smallest absolute Gasteiger partial charge is 0.122 e.